The summed E-state index contributed by atoms with van der Waals surface area (Å²) >= 11 is 0. The minimum atomic E-state index is -1.75. The Morgan fingerprint density at radius 2 is 1.26 bits per heavy atom. The van der Waals surface area contributed by atoms with E-state index in [0.717, 1.165) is 5.56 Å². The minimum Gasteiger partial charge on any atom is -0.394 e. The molecule has 0 saturated carbocycles. The molecule has 6 heteroatoms. The molecule has 6 N–H and O–H groups in total. The predicted octanol–water partition coefficient (Wildman–Crippen LogP) is -1.97. The average molecular weight is 272 g/mol. The predicted molar refractivity (Wildman–Crippen MR) is 67.3 cm³/mol. The quantitative estimate of drug-likeness (QED) is 0.342. The lowest BCUT2D eigenvalue weighted by atomic mass is 9.95. The summed E-state index contributed by atoms with van der Waals surface area (Å²) in [5, 5.41) is 56.3. The van der Waals surface area contributed by atoms with Crippen LogP contribution in [-0.2, 0) is 6.42 Å². The van der Waals surface area contributed by atoms with Crippen molar-refractivity contribution < 1.29 is 30.6 Å². The van der Waals surface area contributed by atoms with Crippen molar-refractivity contribution in [1.82, 2.24) is 0 Å². The van der Waals surface area contributed by atoms with Gasteiger partial charge in [0, 0.05) is 6.42 Å². The van der Waals surface area contributed by atoms with Crippen LogP contribution in [0.25, 0.3) is 0 Å². The third-order valence-corrected chi connectivity index (χ3v) is 2.96. The largest absolute Gasteiger partial charge is 0.394 e. The molecule has 0 aromatic heterocycles. The minimum absolute atomic E-state index is 0.0982. The van der Waals surface area contributed by atoms with Crippen LogP contribution in [0, 0.1) is 0 Å². The van der Waals surface area contributed by atoms with Crippen LogP contribution >= 0.6 is 0 Å². The van der Waals surface area contributed by atoms with Gasteiger partial charge >= 0.3 is 0 Å². The van der Waals surface area contributed by atoms with Crippen LogP contribution in [-0.4, -0.2) is 67.8 Å². The fourth-order valence-corrected chi connectivity index (χ4v) is 1.74. The number of rotatable bonds is 7. The van der Waals surface area contributed by atoms with Crippen molar-refractivity contribution in [3.05, 3.63) is 35.9 Å². The van der Waals surface area contributed by atoms with Crippen molar-refractivity contribution in [2.75, 3.05) is 6.61 Å². The van der Waals surface area contributed by atoms with Gasteiger partial charge in [0.05, 0.1) is 12.7 Å². The van der Waals surface area contributed by atoms with Crippen LogP contribution < -0.4 is 0 Å². The molecule has 108 valence electrons. The topological polar surface area (TPSA) is 121 Å². The molecular weight excluding hydrogens is 252 g/mol. The summed E-state index contributed by atoms with van der Waals surface area (Å²) in [5.41, 5.74) is 0.762. The first-order valence-corrected chi connectivity index (χ1v) is 6.02. The molecule has 1 aromatic carbocycles. The molecule has 0 saturated heterocycles. The molecule has 1 rings (SSSR count). The Bertz CT molecular complexity index is 357. The Morgan fingerprint density at radius 1 is 0.737 bits per heavy atom. The smallest absolute Gasteiger partial charge is 0.111 e. The molecule has 19 heavy (non-hydrogen) atoms. The SMILES string of the molecule is OC[C@@H](O)[C@H](O)[C@H](O)[C@@H](O)C(O)Cc1ccccc1. The summed E-state index contributed by atoms with van der Waals surface area (Å²) in [6.45, 7) is -0.750. The molecule has 5 atom stereocenters. The maximum Gasteiger partial charge on any atom is 0.111 e. The summed E-state index contributed by atoms with van der Waals surface area (Å²) in [6, 6.07) is 8.86. The highest BCUT2D eigenvalue weighted by molar-refractivity contribution is 5.15. The van der Waals surface area contributed by atoms with Crippen LogP contribution in [0.2, 0.25) is 0 Å². The summed E-state index contributed by atoms with van der Waals surface area (Å²) in [7, 11) is 0. The van der Waals surface area contributed by atoms with E-state index in [1.165, 1.54) is 0 Å². The highest BCUT2D eigenvalue weighted by Gasteiger charge is 2.33. The highest BCUT2D eigenvalue weighted by Crippen LogP contribution is 2.12. The van der Waals surface area contributed by atoms with Crippen molar-refractivity contribution in [1.29, 1.82) is 0 Å². The lowest BCUT2D eigenvalue weighted by molar-refractivity contribution is -0.139. The van der Waals surface area contributed by atoms with E-state index in [2.05, 4.69) is 0 Å². The molecular formula is C13H20O6. The molecule has 1 unspecified atom stereocenters. The van der Waals surface area contributed by atoms with Gasteiger partial charge in [0.15, 0.2) is 0 Å². The number of aliphatic hydroxyl groups is 6. The second-order valence-electron chi connectivity index (χ2n) is 4.48. The molecule has 0 bridgehead atoms. The molecule has 0 aliphatic heterocycles. The van der Waals surface area contributed by atoms with E-state index in [4.69, 9.17) is 10.2 Å². The number of aliphatic hydroxyl groups excluding tert-OH is 6. The molecule has 0 fully saturated rings. The van der Waals surface area contributed by atoms with Gasteiger partial charge < -0.3 is 30.6 Å². The maximum atomic E-state index is 9.78. The van der Waals surface area contributed by atoms with Crippen LogP contribution in [0.3, 0.4) is 0 Å². The number of benzene rings is 1. The van der Waals surface area contributed by atoms with Crippen LogP contribution in [0.1, 0.15) is 5.56 Å². The Kier molecular flexibility index (Phi) is 6.36. The van der Waals surface area contributed by atoms with Crippen molar-refractivity contribution in [2.45, 2.75) is 36.9 Å². The maximum absolute atomic E-state index is 9.78. The van der Waals surface area contributed by atoms with Gasteiger partial charge in [-0.05, 0) is 5.56 Å². The van der Waals surface area contributed by atoms with Crippen molar-refractivity contribution in [3.63, 3.8) is 0 Å². The van der Waals surface area contributed by atoms with E-state index in [1.54, 1.807) is 24.3 Å². The van der Waals surface area contributed by atoms with E-state index in [9.17, 15) is 20.4 Å². The fraction of sp³-hybridized carbons (Fsp3) is 0.538. The fourth-order valence-electron chi connectivity index (χ4n) is 1.74. The average Bonchev–Trinajstić information content (AvgIpc) is 2.44. The van der Waals surface area contributed by atoms with E-state index < -0.39 is 37.1 Å². The molecule has 1 aromatic rings. The van der Waals surface area contributed by atoms with Gasteiger partial charge in [-0.3, -0.25) is 0 Å². The van der Waals surface area contributed by atoms with Gasteiger partial charge in [-0.1, -0.05) is 30.3 Å². The molecule has 0 spiro atoms. The Balaban J connectivity index is 2.58. The first-order valence-electron chi connectivity index (χ1n) is 6.02. The molecule has 0 amide bonds. The van der Waals surface area contributed by atoms with Gasteiger partial charge in [0.2, 0.25) is 0 Å². The summed E-state index contributed by atoms with van der Waals surface area (Å²) < 4.78 is 0. The molecule has 0 aliphatic rings. The summed E-state index contributed by atoms with van der Waals surface area (Å²) in [4.78, 5) is 0. The Morgan fingerprint density at radius 3 is 1.79 bits per heavy atom. The normalized spacial score (nSPS) is 19.5. The van der Waals surface area contributed by atoms with Crippen molar-refractivity contribution >= 4 is 0 Å². The van der Waals surface area contributed by atoms with E-state index in [0.29, 0.717) is 0 Å². The zero-order chi connectivity index (χ0) is 14.4. The van der Waals surface area contributed by atoms with E-state index >= 15 is 0 Å². The van der Waals surface area contributed by atoms with Gasteiger partial charge in [-0.15, -0.1) is 0 Å². The van der Waals surface area contributed by atoms with Crippen LogP contribution in [0.4, 0.5) is 0 Å². The number of hydrogen-bond acceptors (Lipinski definition) is 6. The third kappa shape index (κ3) is 4.54. The third-order valence-electron chi connectivity index (χ3n) is 2.96. The van der Waals surface area contributed by atoms with Crippen LogP contribution in [0.5, 0.6) is 0 Å². The van der Waals surface area contributed by atoms with Crippen molar-refractivity contribution in [2.24, 2.45) is 0 Å². The van der Waals surface area contributed by atoms with Gasteiger partial charge in [0.25, 0.3) is 0 Å². The number of hydrogen-bond donors (Lipinski definition) is 6. The Labute approximate surface area is 111 Å². The van der Waals surface area contributed by atoms with E-state index in [1.807, 2.05) is 6.07 Å². The van der Waals surface area contributed by atoms with Gasteiger partial charge in [-0.25, -0.2) is 0 Å². The van der Waals surface area contributed by atoms with Gasteiger partial charge in [0.1, 0.15) is 24.4 Å². The van der Waals surface area contributed by atoms with E-state index in [-0.39, 0.29) is 6.42 Å². The van der Waals surface area contributed by atoms with Crippen LogP contribution in [0.15, 0.2) is 30.3 Å². The highest BCUT2D eigenvalue weighted by atomic mass is 16.4. The lowest BCUT2D eigenvalue weighted by Crippen LogP contribution is -2.50. The first kappa shape index (κ1) is 16.0. The Hall–Kier alpha value is -1.02. The second kappa shape index (κ2) is 7.54. The summed E-state index contributed by atoms with van der Waals surface area (Å²) in [5.74, 6) is 0. The van der Waals surface area contributed by atoms with Gasteiger partial charge in [-0.2, -0.15) is 0 Å². The second-order valence-corrected chi connectivity index (χ2v) is 4.48. The van der Waals surface area contributed by atoms with Crippen molar-refractivity contribution in [3.8, 4) is 0 Å². The standard InChI is InChI=1S/C13H20O6/c14-7-10(16)12(18)13(19)11(17)9(15)6-8-4-2-1-3-5-8/h1-5,9-19H,6-7H2/t9?,10-,11+,12+,13-/m1/s1. The summed E-state index contributed by atoms with van der Waals surface area (Å²) in [6.07, 6.45) is -7.88. The monoisotopic (exact) mass is 272 g/mol. The lowest BCUT2D eigenvalue weighted by Gasteiger charge is -2.28. The molecule has 0 aliphatic carbocycles. The molecule has 0 radical (unpaired) electrons. The molecule has 0 heterocycles. The zero-order valence-corrected chi connectivity index (χ0v) is 10.4. The zero-order valence-electron chi connectivity index (χ0n) is 10.4. The molecule has 6 nitrogen and oxygen atoms in total. The first-order chi connectivity index (χ1) is 8.97.